The van der Waals surface area contributed by atoms with Crippen LogP contribution in [0.15, 0.2) is 25.0 Å². The molecule has 9 heteroatoms. The van der Waals surface area contributed by atoms with Gasteiger partial charge in [0.2, 0.25) is 0 Å². The molecular weight excluding hydrogens is 278 g/mol. The number of aliphatic hydroxyl groups is 3. The first-order chi connectivity index (χ1) is 10.2. The number of nitrogens with zero attached hydrogens (tertiary/aromatic N) is 5. The minimum absolute atomic E-state index is 0.376. The van der Waals surface area contributed by atoms with Crippen LogP contribution >= 0.6 is 0 Å². The Morgan fingerprint density at radius 1 is 1.10 bits per heavy atom. The Hall–Kier alpha value is -2.07. The number of aromatic nitrogens is 5. The zero-order valence-electron chi connectivity index (χ0n) is 10.8. The molecule has 3 N–H and O–H groups in total. The molecule has 0 saturated carbocycles. The van der Waals surface area contributed by atoms with E-state index in [2.05, 4.69) is 15.0 Å². The molecule has 4 heterocycles. The molecule has 1 fully saturated rings. The number of ether oxygens (including phenoxy) is 1. The van der Waals surface area contributed by atoms with Gasteiger partial charge in [-0.15, -0.1) is 0 Å². The van der Waals surface area contributed by atoms with E-state index in [0.717, 1.165) is 0 Å². The molecule has 3 aromatic rings. The SMILES string of the molecule is OC[C@@H]1O[C@@H](n2cnc3c2ncn2ccnc32)[C@@H](O)[C@@H]1O. The molecule has 0 spiro atoms. The Labute approximate surface area is 118 Å². The largest absolute Gasteiger partial charge is 0.394 e. The van der Waals surface area contributed by atoms with Crippen molar-refractivity contribution >= 4 is 16.8 Å². The molecule has 1 aliphatic rings. The minimum Gasteiger partial charge on any atom is -0.394 e. The van der Waals surface area contributed by atoms with Gasteiger partial charge >= 0.3 is 0 Å². The fourth-order valence-electron chi connectivity index (χ4n) is 2.64. The van der Waals surface area contributed by atoms with E-state index < -0.39 is 24.5 Å². The number of imidazole rings is 2. The normalized spacial score (nSPS) is 29.7. The highest BCUT2D eigenvalue weighted by molar-refractivity contribution is 5.85. The molecule has 4 atom stereocenters. The van der Waals surface area contributed by atoms with Crippen LogP contribution < -0.4 is 0 Å². The third-order valence-electron chi connectivity index (χ3n) is 3.74. The Balaban J connectivity index is 1.84. The average molecular weight is 291 g/mol. The van der Waals surface area contributed by atoms with Crippen molar-refractivity contribution in [2.45, 2.75) is 24.5 Å². The Morgan fingerprint density at radius 3 is 2.71 bits per heavy atom. The van der Waals surface area contributed by atoms with Crippen LogP contribution in [-0.2, 0) is 4.74 Å². The monoisotopic (exact) mass is 291 g/mol. The highest BCUT2D eigenvalue weighted by atomic mass is 16.6. The molecule has 3 aromatic heterocycles. The molecule has 4 rings (SSSR count). The van der Waals surface area contributed by atoms with Gasteiger partial charge in [0, 0.05) is 12.4 Å². The van der Waals surface area contributed by atoms with Crippen LogP contribution in [0.25, 0.3) is 16.8 Å². The van der Waals surface area contributed by atoms with Gasteiger partial charge in [-0.1, -0.05) is 0 Å². The highest BCUT2D eigenvalue weighted by Gasteiger charge is 2.43. The summed E-state index contributed by atoms with van der Waals surface area (Å²) in [6, 6.07) is 0. The van der Waals surface area contributed by atoms with Gasteiger partial charge in [0.05, 0.1) is 12.9 Å². The molecule has 9 nitrogen and oxygen atoms in total. The summed E-state index contributed by atoms with van der Waals surface area (Å²) < 4.78 is 8.76. The molecule has 110 valence electrons. The van der Waals surface area contributed by atoms with E-state index in [1.807, 2.05) is 0 Å². The third-order valence-corrected chi connectivity index (χ3v) is 3.74. The zero-order valence-corrected chi connectivity index (χ0v) is 10.8. The van der Waals surface area contributed by atoms with Gasteiger partial charge in [-0.3, -0.25) is 8.97 Å². The molecule has 0 amide bonds. The first-order valence-corrected chi connectivity index (χ1v) is 6.47. The second-order valence-electron chi connectivity index (χ2n) is 4.96. The van der Waals surface area contributed by atoms with Crippen molar-refractivity contribution in [3.8, 4) is 0 Å². The maximum absolute atomic E-state index is 10.1. The summed E-state index contributed by atoms with van der Waals surface area (Å²) >= 11 is 0. The van der Waals surface area contributed by atoms with Gasteiger partial charge in [-0.25, -0.2) is 15.0 Å². The highest BCUT2D eigenvalue weighted by Crippen LogP contribution is 2.31. The lowest BCUT2D eigenvalue weighted by Crippen LogP contribution is -2.33. The fraction of sp³-hybridized carbons (Fsp3) is 0.417. The summed E-state index contributed by atoms with van der Waals surface area (Å²) in [6.45, 7) is -0.376. The van der Waals surface area contributed by atoms with E-state index in [-0.39, 0.29) is 6.61 Å². The standard InChI is InChI=1S/C12H13N5O4/c18-3-6-8(19)9(20)12(21-6)17-5-14-7-10-13-1-2-16(10)4-15-11(7)17/h1-2,4-6,8-9,12,18-20H,3H2/t6-,8+,9-,12+/m0/s1. The molecular formula is C12H13N5O4. The van der Waals surface area contributed by atoms with Crippen molar-refractivity contribution in [1.29, 1.82) is 0 Å². The smallest absolute Gasteiger partial charge is 0.167 e. The lowest BCUT2D eigenvalue weighted by atomic mass is 10.1. The summed E-state index contributed by atoms with van der Waals surface area (Å²) in [5.41, 5.74) is 1.70. The van der Waals surface area contributed by atoms with Gasteiger partial charge in [0.1, 0.15) is 24.6 Å². The lowest BCUT2D eigenvalue weighted by molar-refractivity contribution is -0.0511. The molecule has 0 aliphatic carbocycles. The summed E-state index contributed by atoms with van der Waals surface area (Å²) in [6.07, 6.45) is 2.45. The molecule has 0 unspecified atom stereocenters. The van der Waals surface area contributed by atoms with Crippen molar-refractivity contribution in [3.63, 3.8) is 0 Å². The predicted molar refractivity (Wildman–Crippen MR) is 69.3 cm³/mol. The minimum atomic E-state index is -1.17. The van der Waals surface area contributed by atoms with Crippen LogP contribution in [0.2, 0.25) is 0 Å². The number of hydrogen-bond acceptors (Lipinski definition) is 7. The van der Waals surface area contributed by atoms with Crippen LogP contribution in [0.3, 0.4) is 0 Å². The van der Waals surface area contributed by atoms with E-state index in [4.69, 9.17) is 9.84 Å². The van der Waals surface area contributed by atoms with Crippen LogP contribution in [0.5, 0.6) is 0 Å². The van der Waals surface area contributed by atoms with E-state index >= 15 is 0 Å². The van der Waals surface area contributed by atoms with E-state index in [9.17, 15) is 10.2 Å². The van der Waals surface area contributed by atoms with Gasteiger partial charge in [0.25, 0.3) is 0 Å². The average Bonchev–Trinajstić information content (AvgIpc) is 3.17. The van der Waals surface area contributed by atoms with E-state index in [0.29, 0.717) is 16.8 Å². The maximum Gasteiger partial charge on any atom is 0.167 e. The second-order valence-corrected chi connectivity index (χ2v) is 4.96. The summed E-state index contributed by atoms with van der Waals surface area (Å²) in [7, 11) is 0. The molecule has 1 aliphatic heterocycles. The maximum atomic E-state index is 10.1. The molecule has 21 heavy (non-hydrogen) atoms. The Kier molecular flexibility index (Phi) is 2.69. The number of hydrogen-bond donors (Lipinski definition) is 3. The number of rotatable bonds is 2. The first kappa shape index (κ1) is 12.7. The summed E-state index contributed by atoms with van der Waals surface area (Å²) in [5, 5.41) is 29.1. The van der Waals surface area contributed by atoms with Gasteiger partial charge in [-0.2, -0.15) is 0 Å². The van der Waals surface area contributed by atoms with Gasteiger partial charge in [0.15, 0.2) is 23.0 Å². The zero-order chi connectivity index (χ0) is 14.6. The van der Waals surface area contributed by atoms with Crippen molar-refractivity contribution in [1.82, 2.24) is 23.9 Å². The Morgan fingerprint density at radius 2 is 1.95 bits per heavy atom. The molecule has 0 bridgehead atoms. The van der Waals surface area contributed by atoms with Crippen LogP contribution in [0.1, 0.15) is 6.23 Å². The predicted octanol–water partition coefficient (Wildman–Crippen LogP) is -1.31. The van der Waals surface area contributed by atoms with Crippen molar-refractivity contribution < 1.29 is 20.1 Å². The fourth-order valence-corrected chi connectivity index (χ4v) is 2.64. The number of aliphatic hydroxyl groups excluding tert-OH is 3. The van der Waals surface area contributed by atoms with Crippen LogP contribution in [0.4, 0.5) is 0 Å². The van der Waals surface area contributed by atoms with Crippen LogP contribution in [0, 0.1) is 0 Å². The molecule has 0 aromatic carbocycles. The lowest BCUT2D eigenvalue weighted by Gasteiger charge is -2.16. The molecule has 1 saturated heterocycles. The second kappa shape index (κ2) is 4.46. The summed E-state index contributed by atoms with van der Waals surface area (Å²) in [4.78, 5) is 12.7. The summed E-state index contributed by atoms with van der Waals surface area (Å²) in [5.74, 6) is 0. The van der Waals surface area contributed by atoms with Gasteiger partial charge < -0.3 is 20.1 Å². The van der Waals surface area contributed by atoms with Crippen LogP contribution in [-0.4, -0.2) is 64.2 Å². The van der Waals surface area contributed by atoms with Crippen molar-refractivity contribution in [2.75, 3.05) is 6.61 Å². The quantitative estimate of drug-likeness (QED) is 0.536. The number of fused-ring (bicyclic) bond motifs is 3. The van der Waals surface area contributed by atoms with E-state index in [1.165, 1.54) is 10.9 Å². The van der Waals surface area contributed by atoms with Gasteiger partial charge in [-0.05, 0) is 0 Å². The topological polar surface area (TPSA) is 118 Å². The first-order valence-electron chi connectivity index (χ1n) is 6.47. The third kappa shape index (κ3) is 1.69. The molecule has 0 radical (unpaired) electrons. The van der Waals surface area contributed by atoms with Crippen molar-refractivity contribution in [3.05, 3.63) is 25.0 Å². The van der Waals surface area contributed by atoms with E-state index in [1.54, 1.807) is 23.1 Å². The van der Waals surface area contributed by atoms with Crippen molar-refractivity contribution in [2.24, 2.45) is 0 Å². The Bertz CT molecular complexity index is 799.